The zero-order valence-corrected chi connectivity index (χ0v) is 11.8. The first kappa shape index (κ1) is 12.9. The maximum atomic E-state index is 11.0. The Hall–Kier alpha value is -0.590. The number of carbonyl (C=O) groups is 1. The van der Waals surface area contributed by atoms with Crippen LogP contribution in [0, 0.1) is 23.2 Å². The maximum Gasteiger partial charge on any atom is 0.120 e. The lowest BCUT2D eigenvalue weighted by Gasteiger charge is -2.47. The summed E-state index contributed by atoms with van der Waals surface area (Å²) < 4.78 is 0. The van der Waals surface area contributed by atoms with Crippen LogP contribution >= 0.6 is 0 Å². The molecule has 0 saturated heterocycles. The molecule has 3 atom stereocenters. The van der Waals surface area contributed by atoms with Crippen LogP contribution < -0.4 is 0 Å². The summed E-state index contributed by atoms with van der Waals surface area (Å²) >= 11 is 0. The molecule has 0 aromatic rings. The third-order valence-corrected chi connectivity index (χ3v) is 5.21. The van der Waals surface area contributed by atoms with Gasteiger partial charge in [-0.25, -0.2) is 0 Å². The van der Waals surface area contributed by atoms with Crippen LogP contribution in [0.1, 0.15) is 59.8 Å². The van der Waals surface area contributed by atoms with Gasteiger partial charge in [0.15, 0.2) is 0 Å². The molecule has 0 aromatic carbocycles. The Bertz CT molecular complexity index is 337. The molecule has 1 heteroatoms. The fourth-order valence-corrected chi connectivity index (χ4v) is 4.14. The van der Waals surface area contributed by atoms with Crippen LogP contribution in [0.25, 0.3) is 0 Å². The molecule has 2 aliphatic rings. The van der Waals surface area contributed by atoms with Crippen molar-refractivity contribution in [2.45, 2.75) is 59.8 Å². The Morgan fingerprint density at radius 3 is 2.71 bits per heavy atom. The summed E-state index contributed by atoms with van der Waals surface area (Å²) in [5.41, 5.74) is 3.68. The van der Waals surface area contributed by atoms with E-state index in [0.29, 0.717) is 17.3 Å². The summed E-state index contributed by atoms with van der Waals surface area (Å²) in [5.74, 6) is 1.92. The second-order valence-electron chi connectivity index (χ2n) is 6.80. The minimum Gasteiger partial charge on any atom is -0.303 e. The lowest BCUT2D eigenvalue weighted by atomic mass is 9.58. The highest BCUT2D eigenvalue weighted by Crippen LogP contribution is 2.52. The normalized spacial score (nSPS) is 36.6. The molecule has 0 amide bonds. The van der Waals surface area contributed by atoms with Gasteiger partial charge in [-0.15, -0.1) is 0 Å². The second kappa shape index (κ2) is 4.59. The molecule has 17 heavy (non-hydrogen) atoms. The van der Waals surface area contributed by atoms with Gasteiger partial charge in [0, 0.05) is 6.42 Å². The molecule has 2 rings (SSSR count). The Labute approximate surface area is 106 Å². The van der Waals surface area contributed by atoms with E-state index in [9.17, 15) is 4.79 Å². The molecule has 0 heterocycles. The van der Waals surface area contributed by atoms with E-state index < -0.39 is 0 Å². The van der Waals surface area contributed by atoms with Gasteiger partial charge < -0.3 is 4.79 Å². The van der Waals surface area contributed by atoms with E-state index in [4.69, 9.17) is 0 Å². The van der Waals surface area contributed by atoms with Crippen LogP contribution in [-0.4, -0.2) is 6.29 Å². The number of aldehydes is 1. The highest BCUT2D eigenvalue weighted by molar-refractivity contribution is 5.52. The van der Waals surface area contributed by atoms with Gasteiger partial charge in [-0.1, -0.05) is 38.8 Å². The zero-order chi connectivity index (χ0) is 12.6. The molecule has 0 aromatic heterocycles. The van der Waals surface area contributed by atoms with Gasteiger partial charge in [-0.05, 0) is 48.9 Å². The molecule has 0 N–H and O–H groups in total. The van der Waals surface area contributed by atoms with E-state index in [1.807, 2.05) is 0 Å². The van der Waals surface area contributed by atoms with E-state index in [2.05, 4.69) is 27.7 Å². The first-order chi connectivity index (χ1) is 7.97. The Morgan fingerprint density at radius 1 is 1.35 bits per heavy atom. The van der Waals surface area contributed by atoms with Crippen LogP contribution in [0.5, 0.6) is 0 Å². The SMILES string of the molecule is CC1CC2=C(C(CC=O)C1C)C(C)(C)CCC2. The average Bonchev–Trinajstić information content (AvgIpc) is 2.24. The van der Waals surface area contributed by atoms with Crippen LogP contribution in [0.2, 0.25) is 0 Å². The molecule has 0 radical (unpaired) electrons. The summed E-state index contributed by atoms with van der Waals surface area (Å²) in [7, 11) is 0. The van der Waals surface area contributed by atoms with Crippen molar-refractivity contribution in [3.05, 3.63) is 11.1 Å². The molecule has 3 unspecified atom stereocenters. The molecular weight excluding hydrogens is 208 g/mol. The standard InChI is InChI=1S/C16H26O/c1-11-10-13-6-5-8-16(3,4)15(13)14(7-9-17)12(11)2/h9,11-12,14H,5-8,10H2,1-4H3. The smallest absolute Gasteiger partial charge is 0.120 e. The molecule has 0 bridgehead atoms. The summed E-state index contributed by atoms with van der Waals surface area (Å²) in [4.78, 5) is 11.0. The highest BCUT2D eigenvalue weighted by Gasteiger charge is 2.41. The average molecular weight is 234 g/mol. The molecule has 1 nitrogen and oxygen atoms in total. The van der Waals surface area contributed by atoms with Gasteiger partial charge in [0.1, 0.15) is 6.29 Å². The molecule has 0 fully saturated rings. The molecule has 0 saturated carbocycles. The van der Waals surface area contributed by atoms with E-state index in [0.717, 1.165) is 18.6 Å². The minimum absolute atomic E-state index is 0.329. The van der Waals surface area contributed by atoms with Crippen LogP contribution in [0.3, 0.4) is 0 Å². The lowest BCUT2D eigenvalue weighted by molar-refractivity contribution is -0.109. The van der Waals surface area contributed by atoms with E-state index in [-0.39, 0.29) is 0 Å². The van der Waals surface area contributed by atoms with Crippen molar-refractivity contribution in [2.75, 3.05) is 0 Å². The van der Waals surface area contributed by atoms with Crippen molar-refractivity contribution < 1.29 is 4.79 Å². The van der Waals surface area contributed by atoms with E-state index in [1.54, 1.807) is 11.1 Å². The van der Waals surface area contributed by atoms with Crippen molar-refractivity contribution in [3.8, 4) is 0 Å². The molecular formula is C16H26O. The third-order valence-electron chi connectivity index (χ3n) is 5.21. The summed E-state index contributed by atoms with van der Waals surface area (Å²) in [6, 6.07) is 0. The maximum absolute atomic E-state index is 11.0. The largest absolute Gasteiger partial charge is 0.303 e. The van der Waals surface area contributed by atoms with Gasteiger partial charge in [0.05, 0.1) is 0 Å². The van der Waals surface area contributed by atoms with Crippen molar-refractivity contribution in [3.63, 3.8) is 0 Å². The number of hydrogen-bond donors (Lipinski definition) is 0. The van der Waals surface area contributed by atoms with Crippen molar-refractivity contribution in [1.29, 1.82) is 0 Å². The Morgan fingerprint density at radius 2 is 2.06 bits per heavy atom. The second-order valence-corrected chi connectivity index (χ2v) is 6.80. The van der Waals surface area contributed by atoms with Crippen molar-refractivity contribution >= 4 is 6.29 Å². The molecule has 2 aliphatic carbocycles. The highest BCUT2D eigenvalue weighted by atomic mass is 16.1. The van der Waals surface area contributed by atoms with Gasteiger partial charge >= 0.3 is 0 Å². The number of carbonyl (C=O) groups excluding carboxylic acids is 1. The van der Waals surface area contributed by atoms with Crippen LogP contribution in [-0.2, 0) is 4.79 Å². The van der Waals surface area contributed by atoms with Crippen LogP contribution in [0.15, 0.2) is 11.1 Å². The fourth-order valence-electron chi connectivity index (χ4n) is 4.14. The van der Waals surface area contributed by atoms with E-state index >= 15 is 0 Å². The predicted molar refractivity (Wildman–Crippen MR) is 71.8 cm³/mol. The van der Waals surface area contributed by atoms with E-state index in [1.165, 1.54) is 25.7 Å². The zero-order valence-electron chi connectivity index (χ0n) is 11.8. The Balaban J connectivity index is 2.42. The molecule has 0 spiro atoms. The molecule has 96 valence electrons. The first-order valence-corrected chi connectivity index (χ1v) is 7.13. The van der Waals surface area contributed by atoms with Gasteiger partial charge in [-0.2, -0.15) is 0 Å². The third kappa shape index (κ3) is 2.21. The minimum atomic E-state index is 0.329. The fraction of sp³-hybridized carbons (Fsp3) is 0.812. The van der Waals surface area contributed by atoms with Gasteiger partial charge in [0.25, 0.3) is 0 Å². The molecule has 0 aliphatic heterocycles. The number of hydrogen-bond acceptors (Lipinski definition) is 1. The summed E-state index contributed by atoms with van der Waals surface area (Å²) in [5, 5.41) is 0. The first-order valence-electron chi connectivity index (χ1n) is 7.13. The van der Waals surface area contributed by atoms with Crippen molar-refractivity contribution in [1.82, 2.24) is 0 Å². The topological polar surface area (TPSA) is 17.1 Å². The number of allylic oxidation sites excluding steroid dienone is 2. The van der Waals surface area contributed by atoms with Gasteiger partial charge in [-0.3, -0.25) is 0 Å². The lowest BCUT2D eigenvalue weighted by Crippen LogP contribution is -2.36. The summed E-state index contributed by atoms with van der Waals surface area (Å²) in [6.07, 6.45) is 7.05. The monoisotopic (exact) mass is 234 g/mol. The summed E-state index contributed by atoms with van der Waals surface area (Å²) in [6.45, 7) is 9.45. The number of rotatable bonds is 2. The predicted octanol–water partition coefficient (Wildman–Crippen LogP) is 4.37. The Kier molecular flexibility index (Phi) is 3.47. The van der Waals surface area contributed by atoms with Gasteiger partial charge in [0.2, 0.25) is 0 Å². The quantitative estimate of drug-likeness (QED) is 0.512. The van der Waals surface area contributed by atoms with Crippen LogP contribution in [0.4, 0.5) is 0 Å². The van der Waals surface area contributed by atoms with Crippen molar-refractivity contribution in [2.24, 2.45) is 23.2 Å².